The van der Waals surface area contributed by atoms with Gasteiger partial charge in [0, 0.05) is 22.9 Å². The fourth-order valence-electron chi connectivity index (χ4n) is 3.11. The molecule has 0 spiro atoms. The maximum absolute atomic E-state index is 11.1. The standard InChI is InChI=1S/C20H18O4/c1-2-22-14-9-7-13(8-10-14)20-17(11-15-12-19(21)23-15)16-5-3-4-6-18(16)24-20/h3-10,15H,2,11-12H2,1H3. The minimum absolute atomic E-state index is 0.0556. The van der Waals surface area contributed by atoms with Crippen LogP contribution in [0.2, 0.25) is 0 Å². The molecule has 4 rings (SSSR count). The molecule has 4 heteroatoms. The number of benzene rings is 2. The third-order valence-electron chi connectivity index (χ3n) is 4.25. The molecule has 4 nitrogen and oxygen atoms in total. The molecule has 1 unspecified atom stereocenters. The first-order chi connectivity index (χ1) is 11.7. The van der Waals surface area contributed by atoms with Gasteiger partial charge in [0.1, 0.15) is 23.2 Å². The summed E-state index contributed by atoms with van der Waals surface area (Å²) in [4.78, 5) is 11.1. The van der Waals surface area contributed by atoms with Gasteiger partial charge < -0.3 is 13.9 Å². The predicted octanol–water partition coefficient (Wildman–Crippen LogP) is 4.36. The molecule has 0 aliphatic carbocycles. The highest BCUT2D eigenvalue weighted by molar-refractivity contribution is 5.88. The van der Waals surface area contributed by atoms with Crippen molar-refractivity contribution < 1.29 is 18.7 Å². The summed E-state index contributed by atoms with van der Waals surface area (Å²) < 4.78 is 16.8. The summed E-state index contributed by atoms with van der Waals surface area (Å²) in [5.41, 5.74) is 2.93. The molecule has 1 fully saturated rings. The molecule has 122 valence electrons. The van der Waals surface area contributed by atoms with Crippen molar-refractivity contribution >= 4 is 16.9 Å². The number of rotatable bonds is 5. The molecule has 0 N–H and O–H groups in total. The highest BCUT2D eigenvalue weighted by Gasteiger charge is 2.31. The van der Waals surface area contributed by atoms with Crippen molar-refractivity contribution in [1.29, 1.82) is 0 Å². The summed E-state index contributed by atoms with van der Waals surface area (Å²) >= 11 is 0. The van der Waals surface area contributed by atoms with Crippen LogP contribution >= 0.6 is 0 Å². The lowest BCUT2D eigenvalue weighted by atomic mass is 9.97. The minimum atomic E-state index is -0.129. The van der Waals surface area contributed by atoms with E-state index in [1.807, 2.05) is 55.5 Å². The van der Waals surface area contributed by atoms with Crippen LogP contribution in [-0.4, -0.2) is 18.7 Å². The quantitative estimate of drug-likeness (QED) is 0.655. The summed E-state index contributed by atoms with van der Waals surface area (Å²) in [6.45, 7) is 2.60. The molecule has 1 aliphatic rings. The van der Waals surface area contributed by atoms with Crippen molar-refractivity contribution in [1.82, 2.24) is 0 Å². The molecule has 1 saturated heterocycles. The fraction of sp³-hybridized carbons (Fsp3) is 0.250. The molecular weight excluding hydrogens is 304 g/mol. The number of esters is 1. The number of hydrogen-bond acceptors (Lipinski definition) is 4. The van der Waals surface area contributed by atoms with Crippen LogP contribution in [0.3, 0.4) is 0 Å². The first-order valence-corrected chi connectivity index (χ1v) is 8.17. The molecule has 0 amide bonds. The summed E-state index contributed by atoms with van der Waals surface area (Å²) in [6, 6.07) is 15.9. The molecule has 1 aliphatic heterocycles. The van der Waals surface area contributed by atoms with Crippen LogP contribution in [-0.2, 0) is 16.0 Å². The van der Waals surface area contributed by atoms with E-state index in [0.717, 1.165) is 33.6 Å². The van der Waals surface area contributed by atoms with E-state index in [2.05, 4.69) is 0 Å². The topological polar surface area (TPSA) is 48.7 Å². The second-order valence-corrected chi connectivity index (χ2v) is 5.88. The van der Waals surface area contributed by atoms with E-state index in [1.54, 1.807) is 0 Å². The predicted molar refractivity (Wildman–Crippen MR) is 91.0 cm³/mol. The van der Waals surface area contributed by atoms with Gasteiger partial charge >= 0.3 is 5.97 Å². The van der Waals surface area contributed by atoms with E-state index in [9.17, 15) is 4.79 Å². The number of furan rings is 1. The molecule has 0 radical (unpaired) electrons. The Hall–Kier alpha value is -2.75. The molecule has 1 aromatic heterocycles. The summed E-state index contributed by atoms with van der Waals surface area (Å²) in [7, 11) is 0. The second kappa shape index (κ2) is 6.04. The monoisotopic (exact) mass is 322 g/mol. The maximum Gasteiger partial charge on any atom is 0.309 e. The van der Waals surface area contributed by atoms with Crippen LogP contribution in [0.15, 0.2) is 52.9 Å². The SMILES string of the molecule is CCOc1ccc(-c2oc3ccccc3c2CC2CC(=O)O2)cc1. The van der Waals surface area contributed by atoms with Gasteiger partial charge in [-0.2, -0.15) is 0 Å². The van der Waals surface area contributed by atoms with Gasteiger partial charge in [0.25, 0.3) is 0 Å². The lowest BCUT2D eigenvalue weighted by Crippen LogP contribution is -2.34. The van der Waals surface area contributed by atoms with Crippen LogP contribution in [0.4, 0.5) is 0 Å². The zero-order valence-electron chi connectivity index (χ0n) is 13.5. The average molecular weight is 322 g/mol. The van der Waals surface area contributed by atoms with Crippen molar-refractivity contribution in [3.05, 3.63) is 54.1 Å². The number of cyclic esters (lactones) is 1. The summed E-state index contributed by atoms with van der Waals surface area (Å²) in [6.07, 6.45) is 1.09. The van der Waals surface area contributed by atoms with Gasteiger partial charge in [-0.25, -0.2) is 0 Å². The van der Waals surface area contributed by atoms with Gasteiger partial charge in [-0.1, -0.05) is 18.2 Å². The molecule has 3 aromatic rings. The highest BCUT2D eigenvalue weighted by atomic mass is 16.6. The Balaban J connectivity index is 1.74. The van der Waals surface area contributed by atoms with Crippen LogP contribution in [0, 0.1) is 0 Å². The van der Waals surface area contributed by atoms with Crippen LogP contribution in [0.25, 0.3) is 22.3 Å². The van der Waals surface area contributed by atoms with Gasteiger partial charge in [-0.3, -0.25) is 4.79 Å². The Morgan fingerprint density at radius 3 is 2.58 bits per heavy atom. The molecule has 2 heterocycles. The first-order valence-electron chi connectivity index (χ1n) is 8.17. The first kappa shape index (κ1) is 14.8. The average Bonchev–Trinajstić information content (AvgIpc) is 2.93. The zero-order valence-corrected chi connectivity index (χ0v) is 13.5. The van der Waals surface area contributed by atoms with Gasteiger partial charge in [-0.15, -0.1) is 0 Å². The number of para-hydroxylation sites is 1. The molecule has 24 heavy (non-hydrogen) atoms. The third-order valence-corrected chi connectivity index (χ3v) is 4.25. The Morgan fingerprint density at radius 1 is 1.12 bits per heavy atom. The van der Waals surface area contributed by atoms with Crippen LogP contribution in [0.5, 0.6) is 5.75 Å². The van der Waals surface area contributed by atoms with Gasteiger partial charge in [-0.05, 0) is 37.3 Å². The Labute approximate surface area is 140 Å². The van der Waals surface area contributed by atoms with E-state index >= 15 is 0 Å². The number of fused-ring (bicyclic) bond motifs is 1. The smallest absolute Gasteiger partial charge is 0.309 e. The molecule has 0 saturated carbocycles. The van der Waals surface area contributed by atoms with Gasteiger partial charge in [0.05, 0.1) is 13.0 Å². The number of hydrogen-bond donors (Lipinski definition) is 0. The normalized spacial score (nSPS) is 16.7. The fourth-order valence-corrected chi connectivity index (χ4v) is 3.11. The largest absolute Gasteiger partial charge is 0.494 e. The van der Waals surface area contributed by atoms with Crippen LogP contribution < -0.4 is 4.74 Å². The number of carbonyl (C=O) groups is 1. The molecule has 0 bridgehead atoms. The van der Waals surface area contributed by atoms with Crippen molar-refractivity contribution in [2.24, 2.45) is 0 Å². The zero-order chi connectivity index (χ0) is 16.5. The number of carbonyl (C=O) groups excluding carboxylic acids is 1. The van der Waals surface area contributed by atoms with E-state index in [4.69, 9.17) is 13.9 Å². The van der Waals surface area contributed by atoms with E-state index < -0.39 is 0 Å². The van der Waals surface area contributed by atoms with Crippen molar-refractivity contribution in [3.8, 4) is 17.1 Å². The molecule has 1 atom stereocenters. The van der Waals surface area contributed by atoms with Gasteiger partial charge in [0.2, 0.25) is 0 Å². The van der Waals surface area contributed by atoms with E-state index in [1.165, 1.54) is 0 Å². The Bertz CT molecular complexity index is 868. The van der Waals surface area contributed by atoms with E-state index in [-0.39, 0.29) is 12.1 Å². The minimum Gasteiger partial charge on any atom is -0.494 e. The van der Waals surface area contributed by atoms with Crippen LogP contribution in [0.1, 0.15) is 18.9 Å². The van der Waals surface area contributed by atoms with Gasteiger partial charge in [0.15, 0.2) is 0 Å². The Morgan fingerprint density at radius 2 is 1.88 bits per heavy atom. The lowest BCUT2D eigenvalue weighted by Gasteiger charge is -2.25. The highest BCUT2D eigenvalue weighted by Crippen LogP contribution is 2.36. The Kier molecular flexibility index (Phi) is 3.73. The van der Waals surface area contributed by atoms with Crippen molar-refractivity contribution in [2.45, 2.75) is 25.9 Å². The summed E-state index contributed by atoms with van der Waals surface area (Å²) in [5.74, 6) is 1.55. The summed E-state index contributed by atoms with van der Waals surface area (Å²) in [5, 5.41) is 1.07. The molecular formula is C20H18O4. The third kappa shape index (κ3) is 2.64. The molecule has 2 aromatic carbocycles. The number of ether oxygens (including phenoxy) is 2. The lowest BCUT2D eigenvalue weighted by molar-refractivity contribution is -0.169. The maximum atomic E-state index is 11.1. The second-order valence-electron chi connectivity index (χ2n) is 5.88. The van der Waals surface area contributed by atoms with Crippen molar-refractivity contribution in [3.63, 3.8) is 0 Å². The van der Waals surface area contributed by atoms with E-state index in [0.29, 0.717) is 19.4 Å². The van der Waals surface area contributed by atoms with Crippen molar-refractivity contribution in [2.75, 3.05) is 6.61 Å².